The van der Waals surface area contributed by atoms with Crippen molar-refractivity contribution in [3.05, 3.63) is 64.1 Å². The fraction of sp³-hybridized carbons (Fsp3) is 0.391. The maximum Gasteiger partial charge on any atom is 0.220 e. The van der Waals surface area contributed by atoms with Crippen molar-refractivity contribution in [3.63, 3.8) is 0 Å². The molecule has 2 heterocycles. The van der Waals surface area contributed by atoms with Crippen LogP contribution in [0.3, 0.4) is 0 Å². The summed E-state index contributed by atoms with van der Waals surface area (Å²) < 4.78 is 28.3. The van der Waals surface area contributed by atoms with E-state index in [0.717, 1.165) is 22.5 Å². The molecule has 2 N–H and O–H groups in total. The number of aryl methyl sites for hydroxylation is 2. The van der Waals surface area contributed by atoms with Crippen LogP contribution in [-0.2, 0) is 33.5 Å². The average molecular weight is 469 g/mol. The standard InChI is InChI=1S/C23H28N6O3S/c1-15(2)28-33(31,32)14-19-7-5-18(6-8-19)12-25-22(30)10-9-21-16(3)27-23-20(11-24)13-26-29(23)17(21)4/h5-8,13,15,28H,9-10,12,14H2,1-4H3,(H,25,30). The maximum absolute atomic E-state index is 12.4. The van der Waals surface area contributed by atoms with Crippen LogP contribution in [0.1, 0.15) is 53.9 Å². The molecular formula is C23H28N6O3S. The molecule has 0 bridgehead atoms. The lowest BCUT2D eigenvalue weighted by atomic mass is 10.1. The topological polar surface area (TPSA) is 129 Å². The summed E-state index contributed by atoms with van der Waals surface area (Å²) in [7, 11) is -3.37. The Morgan fingerprint density at radius 3 is 2.48 bits per heavy atom. The van der Waals surface area contributed by atoms with Crippen molar-refractivity contribution in [2.45, 2.75) is 58.9 Å². The predicted octanol–water partition coefficient (Wildman–Crippen LogP) is 2.29. The number of hydrogen-bond donors (Lipinski definition) is 2. The van der Waals surface area contributed by atoms with Crippen LogP contribution < -0.4 is 10.0 Å². The van der Waals surface area contributed by atoms with Gasteiger partial charge in [-0.05, 0) is 50.8 Å². The van der Waals surface area contributed by atoms with E-state index in [9.17, 15) is 18.5 Å². The van der Waals surface area contributed by atoms with E-state index in [1.807, 2.05) is 26.0 Å². The molecule has 0 radical (unpaired) electrons. The van der Waals surface area contributed by atoms with Crippen molar-refractivity contribution in [1.29, 1.82) is 5.26 Å². The van der Waals surface area contributed by atoms with Crippen molar-refractivity contribution < 1.29 is 13.2 Å². The lowest BCUT2D eigenvalue weighted by molar-refractivity contribution is -0.121. The van der Waals surface area contributed by atoms with E-state index >= 15 is 0 Å². The van der Waals surface area contributed by atoms with Gasteiger partial charge in [0.2, 0.25) is 15.9 Å². The minimum absolute atomic E-state index is 0.0823. The summed E-state index contributed by atoms with van der Waals surface area (Å²) in [4.78, 5) is 16.9. The third kappa shape index (κ3) is 6.15. The van der Waals surface area contributed by atoms with Gasteiger partial charge in [0.1, 0.15) is 11.6 Å². The van der Waals surface area contributed by atoms with Gasteiger partial charge in [0.05, 0.1) is 11.9 Å². The highest BCUT2D eigenvalue weighted by Crippen LogP contribution is 2.18. The first-order valence-corrected chi connectivity index (χ1v) is 12.3. The van der Waals surface area contributed by atoms with Crippen molar-refractivity contribution in [3.8, 4) is 6.07 Å². The first-order chi connectivity index (χ1) is 15.6. The van der Waals surface area contributed by atoms with Gasteiger partial charge in [0.25, 0.3) is 0 Å². The molecule has 0 aliphatic heterocycles. The largest absolute Gasteiger partial charge is 0.352 e. The second-order valence-electron chi connectivity index (χ2n) is 8.29. The molecule has 1 aromatic carbocycles. The SMILES string of the molecule is Cc1nc2c(C#N)cnn2c(C)c1CCC(=O)NCc1ccc(CS(=O)(=O)NC(C)C)cc1. The number of nitrogens with one attached hydrogen (secondary N) is 2. The average Bonchev–Trinajstić information content (AvgIpc) is 3.14. The Bertz CT molecular complexity index is 1300. The molecule has 3 aromatic rings. The molecule has 3 rings (SSSR count). The summed E-state index contributed by atoms with van der Waals surface area (Å²) in [6.45, 7) is 7.69. The summed E-state index contributed by atoms with van der Waals surface area (Å²) in [5.74, 6) is -0.180. The molecule has 0 saturated heterocycles. The molecule has 0 aliphatic carbocycles. The van der Waals surface area contributed by atoms with Crippen LogP contribution in [0.25, 0.3) is 5.65 Å². The molecule has 2 aromatic heterocycles. The Labute approximate surface area is 193 Å². The number of rotatable bonds is 9. The molecule has 1 amide bonds. The van der Waals surface area contributed by atoms with Crippen LogP contribution in [0.15, 0.2) is 30.5 Å². The van der Waals surface area contributed by atoms with E-state index in [-0.39, 0.29) is 17.7 Å². The molecule has 174 valence electrons. The monoisotopic (exact) mass is 468 g/mol. The zero-order valence-corrected chi connectivity index (χ0v) is 20.0. The summed E-state index contributed by atoms with van der Waals surface area (Å²) in [5.41, 5.74) is 5.10. The van der Waals surface area contributed by atoms with Gasteiger partial charge in [-0.2, -0.15) is 10.4 Å². The first-order valence-electron chi connectivity index (χ1n) is 10.7. The lowest BCUT2D eigenvalue weighted by Crippen LogP contribution is -2.31. The quantitative estimate of drug-likeness (QED) is 0.496. The number of nitrogens with zero attached hydrogens (tertiary/aromatic N) is 4. The number of nitriles is 1. The second kappa shape index (κ2) is 10.1. The Kier molecular flexibility index (Phi) is 7.46. The van der Waals surface area contributed by atoms with Gasteiger partial charge in [-0.25, -0.2) is 22.6 Å². The first kappa shape index (κ1) is 24.4. The normalized spacial score (nSPS) is 11.6. The number of sulfonamides is 1. The zero-order chi connectivity index (χ0) is 24.2. The Balaban J connectivity index is 1.55. The van der Waals surface area contributed by atoms with Gasteiger partial charge >= 0.3 is 0 Å². The minimum atomic E-state index is -3.37. The molecule has 10 heteroatoms. The number of fused-ring (bicyclic) bond motifs is 1. The maximum atomic E-state index is 12.4. The van der Waals surface area contributed by atoms with E-state index in [4.69, 9.17) is 0 Å². The van der Waals surface area contributed by atoms with Gasteiger partial charge in [0.15, 0.2) is 5.65 Å². The number of carbonyl (C=O) groups excluding carboxylic acids is 1. The second-order valence-corrected chi connectivity index (χ2v) is 10.0. The summed E-state index contributed by atoms with van der Waals surface area (Å²) >= 11 is 0. The van der Waals surface area contributed by atoms with Crippen LogP contribution in [0, 0.1) is 25.2 Å². The van der Waals surface area contributed by atoms with E-state index in [1.54, 1.807) is 30.5 Å². The van der Waals surface area contributed by atoms with Crippen molar-refractivity contribution in [2.75, 3.05) is 0 Å². The highest BCUT2D eigenvalue weighted by molar-refractivity contribution is 7.88. The van der Waals surface area contributed by atoms with Crippen LogP contribution in [-0.4, -0.2) is 35.0 Å². The van der Waals surface area contributed by atoms with Crippen LogP contribution in [0.2, 0.25) is 0 Å². The van der Waals surface area contributed by atoms with Crippen LogP contribution in [0.5, 0.6) is 0 Å². The van der Waals surface area contributed by atoms with Gasteiger partial charge in [-0.3, -0.25) is 4.79 Å². The van der Waals surface area contributed by atoms with Crippen molar-refractivity contribution in [2.24, 2.45) is 0 Å². The number of hydrogen-bond acceptors (Lipinski definition) is 6. The van der Waals surface area contributed by atoms with E-state index in [1.165, 1.54) is 6.20 Å². The summed E-state index contributed by atoms with van der Waals surface area (Å²) in [6, 6.07) is 9.09. The molecular weight excluding hydrogens is 440 g/mol. The van der Waals surface area contributed by atoms with Crippen molar-refractivity contribution >= 4 is 21.6 Å². The van der Waals surface area contributed by atoms with Crippen LogP contribution >= 0.6 is 0 Å². The predicted molar refractivity (Wildman–Crippen MR) is 125 cm³/mol. The number of aromatic nitrogens is 3. The molecule has 0 spiro atoms. The zero-order valence-electron chi connectivity index (χ0n) is 19.2. The van der Waals surface area contributed by atoms with E-state index < -0.39 is 10.0 Å². The fourth-order valence-electron chi connectivity index (χ4n) is 3.65. The molecule has 0 fully saturated rings. The summed E-state index contributed by atoms with van der Waals surface area (Å²) in [6.07, 6.45) is 2.29. The van der Waals surface area contributed by atoms with Gasteiger partial charge in [0, 0.05) is 30.4 Å². The molecule has 9 nitrogen and oxygen atoms in total. The molecule has 0 saturated carbocycles. The van der Waals surface area contributed by atoms with E-state index in [0.29, 0.717) is 36.2 Å². The molecule has 33 heavy (non-hydrogen) atoms. The molecule has 0 atom stereocenters. The highest BCUT2D eigenvalue weighted by atomic mass is 32.2. The third-order valence-electron chi connectivity index (χ3n) is 5.22. The van der Waals surface area contributed by atoms with Gasteiger partial charge < -0.3 is 5.32 Å². The fourth-order valence-corrected chi connectivity index (χ4v) is 5.09. The minimum Gasteiger partial charge on any atom is -0.352 e. The highest BCUT2D eigenvalue weighted by Gasteiger charge is 2.15. The Hall–Kier alpha value is -3.29. The smallest absolute Gasteiger partial charge is 0.220 e. The van der Waals surface area contributed by atoms with Crippen LogP contribution in [0.4, 0.5) is 0 Å². The third-order valence-corrected chi connectivity index (χ3v) is 6.76. The Morgan fingerprint density at radius 2 is 1.85 bits per heavy atom. The molecule has 0 unspecified atom stereocenters. The summed E-state index contributed by atoms with van der Waals surface area (Å²) in [5, 5.41) is 16.3. The van der Waals surface area contributed by atoms with E-state index in [2.05, 4.69) is 26.2 Å². The number of benzene rings is 1. The number of amides is 1. The van der Waals surface area contributed by atoms with Gasteiger partial charge in [-0.15, -0.1) is 0 Å². The lowest BCUT2D eigenvalue weighted by Gasteiger charge is -2.12. The van der Waals surface area contributed by atoms with Gasteiger partial charge in [-0.1, -0.05) is 24.3 Å². The molecule has 0 aliphatic rings. The van der Waals surface area contributed by atoms with Crippen molar-refractivity contribution in [1.82, 2.24) is 24.6 Å². The number of carbonyl (C=O) groups is 1. The Morgan fingerprint density at radius 1 is 1.18 bits per heavy atom.